The van der Waals surface area contributed by atoms with Crippen LogP contribution in [0.4, 0.5) is 10.3 Å². The Bertz CT molecular complexity index is 802. The minimum absolute atomic E-state index is 0.167. The summed E-state index contributed by atoms with van der Waals surface area (Å²) in [5.41, 5.74) is 6.78. The van der Waals surface area contributed by atoms with Crippen molar-refractivity contribution < 1.29 is 23.2 Å². The van der Waals surface area contributed by atoms with Crippen molar-refractivity contribution in [1.82, 2.24) is 24.7 Å². The number of carbonyl (C=O) groups is 1. The summed E-state index contributed by atoms with van der Waals surface area (Å²) in [5.74, 6) is -0.338. The third-order valence-electron chi connectivity index (χ3n) is 3.56. The van der Waals surface area contributed by atoms with Crippen molar-refractivity contribution in [2.24, 2.45) is 0 Å². The van der Waals surface area contributed by atoms with Crippen LogP contribution >= 0.6 is 7.95 Å². The Hall–Kier alpha value is -2.10. The van der Waals surface area contributed by atoms with E-state index >= 15 is 0 Å². The predicted molar refractivity (Wildman–Crippen MR) is 97.4 cm³/mol. The van der Waals surface area contributed by atoms with Gasteiger partial charge in [-0.1, -0.05) is 0 Å². The number of nitrogens with one attached hydrogen (secondary N) is 1. The van der Waals surface area contributed by atoms with E-state index < -0.39 is 32.7 Å². The fourth-order valence-electron chi connectivity index (χ4n) is 2.30. The Kier molecular flexibility index (Phi) is 7.64. The average Bonchev–Trinajstić information content (AvgIpc) is 3.02. The zero-order valence-corrected chi connectivity index (χ0v) is 16.4. The molecule has 3 N–H and O–H groups in total. The molecule has 27 heavy (non-hydrogen) atoms. The first-order valence-corrected chi connectivity index (χ1v) is 10.0. The number of fused-ring (bicyclic) bond motifs is 1. The van der Waals surface area contributed by atoms with E-state index in [-0.39, 0.29) is 24.8 Å². The summed E-state index contributed by atoms with van der Waals surface area (Å²) in [4.78, 5) is 19.6. The highest BCUT2D eigenvalue weighted by atomic mass is 31.1. The van der Waals surface area contributed by atoms with Gasteiger partial charge in [0.15, 0.2) is 13.6 Å². The summed E-state index contributed by atoms with van der Waals surface area (Å²) in [6, 6.07) is -0.745. The monoisotopic (exact) mass is 402 g/mol. The van der Waals surface area contributed by atoms with Gasteiger partial charge in [0.25, 0.3) is 0 Å². The smallest absolute Gasteiger partial charge is 0.323 e. The van der Waals surface area contributed by atoms with Gasteiger partial charge in [0.2, 0.25) is 5.95 Å². The molecular formula is C15H24FN6O4P. The van der Waals surface area contributed by atoms with Crippen LogP contribution in [0.2, 0.25) is 0 Å². The van der Waals surface area contributed by atoms with Crippen LogP contribution in [0.1, 0.15) is 26.3 Å². The first kappa shape index (κ1) is 21.2. The SMILES string of the molecule is CC(C)OC(=O)[C@H](C)N[PH](=O)CO[C@H](CF)Cc1cnn2c(N)ncnc12. The van der Waals surface area contributed by atoms with Crippen molar-refractivity contribution in [3.8, 4) is 0 Å². The van der Waals surface area contributed by atoms with Crippen LogP contribution in [0.5, 0.6) is 0 Å². The Morgan fingerprint density at radius 1 is 1.41 bits per heavy atom. The van der Waals surface area contributed by atoms with Gasteiger partial charge in [-0.05, 0) is 20.8 Å². The number of aromatic nitrogens is 4. The number of rotatable bonds is 10. The second-order valence-corrected chi connectivity index (χ2v) is 7.63. The molecule has 0 fully saturated rings. The fourth-order valence-corrected chi connectivity index (χ4v) is 3.37. The maximum absolute atomic E-state index is 13.3. The average molecular weight is 402 g/mol. The molecule has 2 rings (SSSR count). The van der Waals surface area contributed by atoms with Crippen LogP contribution < -0.4 is 10.8 Å². The van der Waals surface area contributed by atoms with E-state index in [2.05, 4.69) is 20.2 Å². The molecule has 2 aromatic rings. The minimum Gasteiger partial charge on any atom is -0.462 e. The number of ether oxygens (including phenoxy) is 2. The topological polar surface area (TPSA) is 134 Å². The van der Waals surface area contributed by atoms with Crippen LogP contribution in [-0.4, -0.2) is 56.8 Å². The Morgan fingerprint density at radius 2 is 2.15 bits per heavy atom. The highest BCUT2D eigenvalue weighted by Gasteiger charge is 2.20. The molecule has 12 heteroatoms. The molecule has 3 atom stereocenters. The molecule has 0 bridgehead atoms. The van der Waals surface area contributed by atoms with Gasteiger partial charge in [-0.3, -0.25) is 9.88 Å². The normalized spacial score (nSPS) is 15.0. The molecule has 0 aliphatic heterocycles. The molecule has 10 nitrogen and oxygen atoms in total. The van der Waals surface area contributed by atoms with E-state index in [0.29, 0.717) is 11.2 Å². The van der Waals surface area contributed by atoms with Crippen LogP contribution in [-0.2, 0) is 25.3 Å². The lowest BCUT2D eigenvalue weighted by molar-refractivity contribution is -0.148. The zero-order valence-electron chi connectivity index (χ0n) is 15.4. The molecule has 0 aromatic carbocycles. The third kappa shape index (κ3) is 5.95. The first-order valence-electron chi connectivity index (χ1n) is 8.42. The fraction of sp³-hybridized carbons (Fsp3) is 0.600. The molecule has 2 aromatic heterocycles. The van der Waals surface area contributed by atoms with Gasteiger partial charge in [0.05, 0.1) is 18.4 Å². The molecule has 0 radical (unpaired) electrons. The Labute approximate surface area is 156 Å². The zero-order chi connectivity index (χ0) is 20.0. The summed E-state index contributed by atoms with van der Waals surface area (Å²) >= 11 is 0. The van der Waals surface area contributed by atoms with E-state index in [0.717, 1.165) is 0 Å². The van der Waals surface area contributed by atoms with Gasteiger partial charge in [0.1, 0.15) is 25.4 Å². The number of alkyl halides is 1. The number of nitrogens with two attached hydrogens (primary N) is 1. The van der Waals surface area contributed by atoms with Crippen LogP contribution in [0.3, 0.4) is 0 Å². The second-order valence-electron chi connectivity index (χ2n) is 6.20. The number of nitrogens with zero attached hydrogens (tertiary/aromatic N) is 4. The van der Waals surface area contributed by atoms with Crippen LogP contribution in [0.15, 0.2) is 12.5 Å². The molecule has 0 saturated heterocycles. The molecule has 0 saturated carbocycles. The summed E-state index contributed by atoms with van der Waals surface area (Å²) in [5, 5.41) is 6.68. The summed E-state index contributed by atoms with van der Waals surface area (Å²) < 4.78 is 37.2. The Balaban J connectivity index is 1.88. The summed E-state index contributed by atoms with van der Waals surface area (Å²) in [6.45, 7) is 4.21. The number of hydrogen-bond acceptors (Lipinski definition) is 8. The van der Waals surface area contributed by atoms with Crippen molar-refractivity contribution in [2.45, 2.75) is 45.4 Å². The van der Waals surface area contributed by atoms with Gasteiger partial charge in [-0.2, -0.15) is 9.61 Å². The summed E-state index contributed by atoms with van der Waals surface area (Å²) in [6.07, 6.45) is 1.67. The molecular weight excluding hydrogens is 378 g/mol. The standard InChI is InChI=1S/C15H24FN6O4P/c1-9(2)26-14(23)10(3)21-27(24)8-25-12(5-16)4-11-6-20-22-13(11)18-7-19-15(22)17/h6-7,9-10,12,27H,4-5,8H2,1-3H3,(H,21,24)(H2,17,18,19)/t10-,12-/m0/s1. The van der Waals surface area contributed by atoms with Crippen molar-refractivity contribution in [3.05, 3.63) is 18.1 Å². The van der Waals surface area contributed by atoms with Gasteiger partial charge < -0.3 is 19.8 Å². The number of hydrogen-bond donors (Lipinski definition) is 2. The highest BCUT2D eigenvalue weighted by molar-refractivity contribution is 7.42. The molecule has 0 amide bonds. The lowest BCUT2D eigenvalue weighted by atomic mass is 10.1. The lowest BCUT2D eigenvalue weighted by Gasteiger charge is -2.17. The molecule has 0 spiro atoms. The Morgan fingerprint density at radius 3 is 2.81 bits per heavy atom. The van der Waals surface area contributed by atoms with Crippen molar-refractivity contribution >= 4 is 25.5 Å². The van der Waals surface area contributed by atoms with Crippen LogP contribution in [0, 0.1) is 0 Å². The second kappa shape index (κ2) is 9.72. The van der Waals surface area contributed by atoms with Crippen molar-refractivity contribution in [3.63, 3.8) is 0 Å². The van der Waals surface area contributed by atoms with E-state index in [9.17, 15) is 13.8 Å². The molecule has 150 valence electrons. The maximum Gasteiger partial charge on any atom is 0.323 e. The van der Waals surface area contributed by atoms with Gasteiger partial charge in [-0.25, -0.2) is 14.4 Å². The summed E-state index contributed by atoms with van der Waals surface area (Å²) in [7, 11) is -2.46. The van der Waals surface area contributed by atoms with E-state index in [1.165, 1.54) is 17.0 Å². The largest absolute Gasteiger partial charge is 0.462 e. The first-order chi connectivity index (χ1) is 12.8. The van der Waals surface area contributed by atoms with Crippen LogP contribution in [0.25, 0.3) is 5.65 Å². The highest BCUT2D eigenvalue weighted by Crippen LogP contribution is 2.20. The van der Waals surface area contributed by atoms with E-state index in [1.807, 2.05) is 0 Å². The predicted octanol–water partition coefficient (Wildman–Crippen LogP) is 0.966. The molecule has 0 aliphatic rings. The number of nitrogen functional groups attached to an aromatic ring is 1. The molecule has 1 unspecified atom stereocenters. The van der Waals surface area contributed by atoms with Crippen molar-refractivity contribution in [2.75, 3.05) is 18.8 Å². The van der Waals surface area contributed by atoms with E-state index in [4.69, 9.17) is 15.2 Å². The number of anilines is 1. The number of carbonyl (C=O) groups excluding carboxylic acids is 1. The van der Waals surface area contributed by atoms with Gasteiger partial charge in [-0.15, -0.1) is 0 Å². The van der Waals surface area contributed by atoms with Gasteiger partial charge >= 0.3 is 5.97 Å². The van der Waals surface area contributed by atoms with E-state index in [1.54, 1.807) is 20.8 Å². The molecule has 2 heterocycles. The number of esters is 1. The van der Waals surface area contributed by atoms with Crippen molar-refractivity contribution in [1.29, 1.82) is 0 Å². The lowest BCUT2D eigenvalue weighted by Crippen LogP contribution is -2.33. The molecule has 0 aliphatic carbocycles. The van der Waals surface area contributed by atoms with Gasteiger partial charge in [0, 0.05) is 12.0 Å². The minimum atomic E-state index is -2.46. The number of halogens is 1. The quantitative estimate of drug-likeness (QED) is 0.440. The third-order valence-corrected chi connectivity index (χ3v) is 4.74. The maximum atomic E-state index is 13.3.